The van der Waals surface area contributed by atoms with Crippen LogP contribution < -0.4 is 4.74 Å². The predicted octanol–water partition coefficient (Wildman–Crippen LogP) is 2.26. The molecule has 8 heteroatoms. The van der Waals surface area contributed by atoms with Crippen molar-refractivity contribution in [2.75, 3.05) is 13.2 Å². The van der Waals surface area contributed by atoms with E-state index in [0.717, 1.165) is 12.8 Å². The molecule has 3 atom stereocenters. The number of ether oxygens (including phenoxy) is 4. The third-order valence-electron chi connectivity index (χ3n) is 3.71. The highest BCUT2D eigenvalue weighted by molar-refractivity contribution is 5.64. The van der Waals surface area contributed by atoms with Gasteiger partial charge in [-0.05, 0) is 25.0 Å². The number of nitrogens with zero attached hydrogens (tertiary/aromatic N) is 1. The van der Waals surface area contributed by atoms with Gasteiger partial charge in [0.1, 0.15) is 11.9 Å². The third-order valence-corrected chi connectivity index (χ3v) is 3.71. The van der Waals surface area contributed by atoms with Crippen molar-refractivity contribution in [3.63, 3.8) is 0 Å². The maximum atomic E-state index is 11.8. The van der Waals surface area contributed by atoms with E-state index in [0.29, 0.717) is 6.61 Å². The molecule has 0 N–H and O–H groups in total. The van der Waals surface area contributed by atoms with Crippen molar-refractivity contribution in [1.29, 1.82) is 0 Å². The van der Waals surface area contributed by atoms with Crippen LogP contribution in [0, 0.1) is 16.0 Å². The van der Waals surface area contributed by atoms with E-state index in [1.165, 1.54) is 24.3 Å². The summed E-state index contributed by atoms with van der Waals surface area (Å²) in [6.45, 7) is 0.936. The first-order valence-corrected chi connectivity index (χ1v) is 6.99. The molecule has 1 aromatic carbocycles. The molecule has 2 aliphatic rings. The van der Waals surface area contributed by atoms with E-state index in [2.05, 4.69) is 0 Å². The van der Waals surface area contributed by atoms with Crippen molar-refractivity contribution in [3.05, 3.63) is 34.4 Å². The number of benzene rings is 1. The van der Waals surface area contributed by atoms with Gasteiger partial charge >= 0.3 is 6.16 Å². The Kier molecular flexibility index (Phi) is 4.21. The van der Waals surface area contributed by atoms with E-state index in [1.807, 2.05) is 0 Å². The fraction of sp³-hybridized carbons (Fsp3) is 0.500. The molecule has 0 bridgehead atoms. The Hall–Kier alpha value is -2.19. The molecule has 8 nitrogen and oxygen atoms in total. The SMILES string of the molecule is O=C(Oc1ccc([N+](=O)[O-])cc1)OC1COC2OCCCC12. The average Bonchev–Trinajstić information content (AvgIpc) is 2.91. The maximum Gasteiger partial charge on any atom is 0.514 e. The first-order chi connectivity index (χ1) is 10.6. The van der Waals surface area contributed by atoms with E-state index in [1.54, 1.807) is 0 Å². The lowest BCUT2D eigenvalue weighted by Gasteiger charge is -2.26. The highest BCUT2D eigenvalue weighted by atomic mass is 16.7. The third kappa shape index (κ3) is 3.18. The normalized spacial score (nSPS) is 27.0. The van der Waals surface area contributed by atoms with Crippen LogP contribution in [0.25, 0.3) is 0 Å². The molecule has 2 fully saturated rings. The van der Waals surface area contributed by atoms with Gasteiger partial charge in [0.15, 0.2) is 6.29 Å². The summed E-state index contributed by atoms with van der Waals surface area (Å²) in [6.07, 6.45) is 0.220. The lowest BCUT2D eigenvalue weighted by molar-refractivity contribution is -0.384. The van der Waals surface area contributed by atoms with Crippen LogP contribution in [-0.4, -0.2) is 36.7 Å². The Labute approximate surface area is 126 Å². The van der Waals surface area contributed by atoms with Gasteiger partial charge in [0, 0.05) is 24.7 Å². The standard InChI is InChI=1S/C14H15NO7/c16-14(21-10-5-3-9(4-6-10)15(17)18)22-12-8-20-13-11(12)2-1-7-19-13/h3-6,11-13H,1-2,7-8H2. The zero-order valence-corrected chi connectivity index (χ0v) is 11.7. The minimum Gasteiger partial charge on any atom is -0.428 e. The fourth-order valence-electron chi connectivity index (χ4n) is 2.63. The first-order valence-electron chi connectivity index (χ1n) is 6.99. The number of carbonyl (C=O) groups excluding carboxylic acids is 1. The summed E-state index contributed by atoms with van der Waals surface area (Å²) in [5, 5.41) is 10.5. The molecule has 2 aliphatic heterocycles. The second-order valence-electron chi connectivity index (χ2n) is 5.14. The number of hydrogen-bond donors (Lipinski definition) is 0. The van der Waals surface area contributed by atoms with Crippen molar-refractivity contribution < 1.29 is 28.7 Å². The van der Waals surface area contributed by atoms with Gasteiger partial charge in [-0.15, -0.1) is 0 Å². The molecule has 2 saturated heterocycles. The van der Waals surface area contributed by atoms with Gasteiger partial charge in [-0.25, -0.2) is 4.79 Å². The van der Waals surface area contributed by atoms with E-state index >= 15 is 0 Å². The Morgan fingerprint density at radius 1 is 1.27 bits per heavy atom. The smallest absolute Gasteiger partial charge is 0.428 e. The van der Waals surface area contributed by atoms with Crippen molar-refractivity contribution in [2.24, 2.45) is 5.92 Å². The monoisotopic (exact) mass is 309 g/mol. The average molecular weight is 309 g/mol. The van der Waals surface area contributed by atoms with Crippen LogP contribution in [0.1, 0.15) is 12.8 Å². The molecule has 0 amide bonds. The molecule has 118 valence electrons. The topological polar surface area (TPSA) is 97.1 Å². The fourth-order valence-corrected chi connectivity index (χ4v) is 2.63. The van der Waals surface area contributed by atoms with Crippen molar-refractivity contribution in [3.8, 4) is 5.75 Å². The quantitative estimate of drug-likeness (QED) is 0.365. The number of fused-ring (bicyclic) bond motifs is 1. The largest absolute Gasteiger partial charge is 0.514 e. The maximum absolute atomic E-state index is 11.8. The van der Waals surface area contributed by atoms with Gasteiger partial charge in [-0.2, -0.15) is 0 Å². The number of hydrogen-bond acceptors (Lipinski definition) is 7. The first kappa shape index (κ1) is 14.7. The zero-order chi connectivity index (χ0) is 15.5. The number of nitro groups is 1. The van der Waals surface area contributed by atoms with Crippen LogP contribution in [0.15, 0.2) is 24.3 Å². The molecule has 0 saturated carbocycles. The van der Waals surface area contributed by atoms with E-state index in [9.17, 15) is 14.9 Å². The van der Waals surface area contributed by atoms with Crippen LogP contribution in [-0.2, 0) is 14.2 Å². The molecule has 3 unspecified atom stereocenters. The number of non-ortho nitro benzene ring substituents is 1. The number of carbonyl (C=O) groups is 1. The van der Waals surface area contributed by atoms with Crippen LogP contribution in [0.2, 0.25) is 0 Å². The number of nitro benzene ring substituents is 1. The second kappa shape index (κ2) is 6.29. The zero-order valence-electron chi connectivity index (χ0n) is 11.7. The van der Waals surface area contributed by atoms with Gasteiger partial charge in [-0.3, -0.25) is 10.1 Å². The lowest BCUT2D eigenvalue weighted by Crippen LogP contribution is -2.34. The molecule has 0 radical (unpaired) electrons. The van der Waals surface area contributed by atoms with Crippen molar-refractivity contribution >= 4 is 11.8 Å². The molecular formula is C14H15NO7. The Morgan fingerprint density at radius 2 is 2.05 bits per heavy atom. The molecule has 22 heavy (non-hydrogen) atoms. The molecule has 0 spiro atoms. The van der Waals surface area contributed by atoms with Gasteiger partial charge in [-0.1, -0.05) is 0 Å². The summed E-state index contributed by atoms with van der Waals surface area (Å²) in [7, 11) is 0. The summed E-state index contributed by atoms with van der Waals surface area (Å²) in [4.78, 5) is 21.8. The van der Waals surface area contributed by atoms with Crippen LogP contribution in [0.5, 0.6) is 5.75 Å². The van der Waals surface area contributed by atoms with Gasteiger partial charge in [0.2, 0.25) is 0 Å². The molecule has 0 aromatic heterocycles. The van der Waals surface area contributed by atoms with E-state index in [4.69, 9.17) is 18.9 Å². The lowest BCUT2D eigenvalue weighted by atomic mass is 9.97. The summed E-state index contributed by atoms with van der Waals surface area (Å²) < 4.78 is 21.2. The minimum absolute atomic E-state index is 0.0261. The molecule has 0 aliphatic carbocycles. The number of rotatable bonds is 3. The summed E-state index contributed by atoms with van der Waals surface area (Å²) in [5.74, 6) is 0.212. The molecular weight excluding hydrogens is 294 g/mol. The van der Waals surface area contributed by atoms with Crippen LogP contribution in [0.3, 0.4) is 0 Å². The Morgan fingerprint density at radius 3 is 2.77 bits per heavy atom. The predicted molar refractivity (Wildman–Crippen MR) is 72.4 cm³/mol. The van der Waals surface area contributed by atoms with Crippen LogP contribution >= 0.6 is 0 Å². The van der Waals surface area contributed by atoms with Crippen molar-refractivity contribution in [2.45, 2.75) is 25.2 Å². The van der Waals surface area contributed by atoms with Crippen LogP contribution in [0.4, 0.5) is 10.5 Å². The Bertz CT molecular complexity index is 559. The summed E-state index contributed by atoms with van der Waals surface area (Å²) >= 11 is 0. The highest BCUT2D eigenvalue weighted by Gasteiger charge is 2.42. The molecule has 1 aromatic rings. The summed E-state index contributed by atoms with van der Waals surface area (Å²) in [5.41, 5.74) is -0.0768. The highest BCUT2D eigenvalue weighted by Crippen LogP contribution is 2.32. The minimum atomic E-state index is -0.853. The van der Waals surface area contributed by atoms with Crippen molar-refractivity contribution in [1.82, 2.24) is 0 Å². The van der Waals surface area contributed by atoms with Gasteiger partial charge < -0.3 is 18.9 Å². The summed E-state index contributed by atoms with van der Waals surface area (Å²) in [6, 6.07) is 5.20. The van der Waals surface area contributed by atoms with E-state index in [-0.39, 0.29) is 30.3 Å². The van der Waals surface area contributed by atoms with Gasteiger partial charge in [0.05, 0.1) is 11.5 Å². The Balaban J connectivity index is 1.55. The molecule has 3 rings (SSSR count). The van der Waals surface area contributed by atoms with Gasteiger partial charge in [0.25, 0.3) is 5.69 Å². The van der Waals surface area contributed by atoms with E-state index < -0.39 is 17.2 Å². The second-order valence-corrected chi connectivity index (χ2v) is 5.14. The molecule has 2 heterocycles.